The van der Waals surface area contributed by atoms with E-state index in [2.05, 4.69) is 22.4 Å². The zero-order valence-corrected chi connectivity index (χ0v) is 15.7. The monoisotopic (exact) mass is 374 g/mol. The van der Waals surface area contributed by atoms with Crippen LogP contribution in [-0.2, 0) is 12.0 Å². The van der Waals surface area contributed by atoms with E-state index >= 15 is 0 Å². The van der Waals surface area contributed by atoms with E-state index in [0.717, 1.165) is 28.3 Å². The fourth-order valence-electron chi connectivity index (χ4n) is 6.02. The third-order valence-electron chi connectivity index (χ3n) is 6.63. The van der Waals surface area contributed by atoms with Crippen molar-refractivity contribution >= 4 is 28.6 Å². The Morgan fingerprint density at radius 2 is 1.84 bits per heavy atom. The van der Waals surface area contributed by atoms with Crippen LogP contribution < -0.4 is 5.32 Å². The SMILES string of the molecule is Oc1ccc(C23CC4CC(CC(C4)C2)C3)cc1NCc1cnc(Cl)s1. The van der Waals surface area contributed by atoms with Crippen molar-refractivity contribution in [2.24, 2.45) is 17.8 Å². The van der Waals surface area contributed by atoms with Crippen molar-refractivity contribution < 1.29 is 5.11 Å². The number of aromatic hydroxyl groups is 1. The molecule has 4 saturated carbocycles. The van der Waals surface area contributed by atoms with E-state index in [1.807, 2.05) is 6.07 Å². The minimum Gasteiger partial charge on any atom is -0.506 e. The molecule has 4 aliphatic carbocycles. The molecule has 1 heterocycles. The number of phenols is 1. The molecule has 0 radical (unpaired) electrons. The normalized spacial score (nSPS) is 32.9. The maximum atomic E-state index is 10.3. The van der Waals surface area contributed by atoms with Crippen molar-refractivity contribution in [3.8, 4) is 5.75 Å². The standard InChI is InChI=1S/C20H23ClN2OS/c21-19-23-11-16(25-19)10-22-17-6-15(1-2-18(17)24)20-7-12-3-13(8-20)5-14(4-12)9-20/h1-2,6,11-14,22,24H,3-5,7-10H2. The summed E-state index contributed by atoms with van der Waals surface area (Å²) >= 11 is 7.38. The molecule has 132 valence electrons. The highest BCUT2D eigenvalue weighted by atomic mass is 35.5. The van der Waals surface area contributed by atoms with Gasteiger partial charge in [-0.25, -0.2) is 4.98 Å². The molecule has 0 unspecified atom stereocenters. The number of hydrogen-bond acceptors (Lipinski definition) is 4. The predicted octanol–water partition coefficient (Wildman–Crippen LogP) is 5.58. The second-order valence-corrected chi connectivity index (χ2v) is 10.1. The fraction of sp³-hybridized carbons (Fsp3) is 0.550. The quantitative estimate of drug-likeness (QED) is 0.686. The highest BCUT2D eigenvalue weighted by molar-refractivity contribution is 7.15. The molecule has 3 nitrogen and oxygen atoms in total. The first-order chi connectivity index (χ1) is 12.1. The first kappa shape index (κ1) is 16.0. The van der Waals surface area contributed by atoms with Crippen LogP contribution in [0.2, 0.25) is 4.47 Å². The second kappa shape index (κ2) is 5.88. The Kier molecular flexibility index (Phi) is 3.75. The predicted molar refractivity (Wildman–Crippen MR) is 102 cm³/mol. The van der Waals surface area contributed by atoms with Crippen LogP contribution in [0.25, 0.3) is 0 Å². The minimum atomic E-state index is 0.323. The van der Waals surface area contributed by atoms with E-state index < -0.39 is 0 Å². The topological polar surface area (TPSA) is 45.1 Å². The van der Waals surface area contributed by atoms with E-state index in [-0.39, 0.29) is 0 Å². The molecular weight excluding hydrogens is 352 g/mol. The molecule has 5 heteroatoms. The molecule has 0 amide bonds. The van der Waals surface area contributed by atoms with Crippen LogP contribution in [0.3, 0.4) is 0 Å². The van der Waals surface area contributed by atoms with Crippen LogP contribution in [0.15, 0.2) is 24.4 Å². The number of benzene rings is 1. The van der Waals surface area contributed by atoms with Gasteiger partial charge in [-0.15, -0.1) is 11.3 Å². The van der Waals surface area contributed by atoms with Gasteiger partial charge in [0.05, 0.1) is 12.2 Å². The van der Waals surface area contributed by atoms with Crippen molar-refractivity contribution in [1.82, 2.24) is 4.98 Å². The van der Waals surface area contributed by atoms with Crippen LogP contribution in [0.5, 0.6) is 5.75 Å². The molecule has 4 fully saturated rings. The van der Waals surface area contributed by atoms with Crippen LogP contribution >= 0.6 is 22.9 Å². The first-order valence-electron chi connectivity index (χ1n) is 9.27. The number of hydrogen-bond donors (Lipinski definition) is 2. The van der Waals surface area contributed by atoms with Gasteiger partial charge in [0.1, 0.15) is 5.75 Å². The molecule has 2 N–H and O–H groups in total. The number of nitrogens with zero attached hydrogens (tertiary/aromatic N) is 1. The van der Waals surface area contributed by atoms with Crippen molar-refractivity contribution in [2.45, 2.75) is 50.5 Å². The van der Waals surface area contributed by atoms with Gasteiger partial charge in [-0.2, -0.15) is 0 Å². The van der Waals surface area contributed by atoms with Gasteiger partial charge >= 0.3 is 0 Å². The van der Waals surface area contributed by atoms with Crippen molar-refractivity contribution in [1.29, 1.82) is 0 Å². The Balaban J connectivity index is 1.41. The zero-order valence-electron chi connectivity index (χ0n) is 14.2. The number of rotatable bonds is 4. The molecule has 0 aliphatic heterocycles. The van der Waals surface area contributed by atoms with Crippen LogP contribution in [0.1, 0.15) is 49.0 Å². The zero-order chi connectivity index (χ0) is 17.0. The molecule has 2 aromatic rings. The Labute approximate surface area is 157 Å². The van der Waals surface area contributed by atoms with E-state index in [4.69, 9.17) is 11.6 Å². The van der Waals surface area contributed by atoms with Gasteiger partial charge < -0.3 is 10.4 Å². The average Bonchev–Trinajstić information content (AvgIpc) is 2.98. The lowest BCUT2D eigenvalue weighted by molar-refractivity contribution is -0.00517. The summed E-state index contributed by atoms with van der Waals surface area (Å²) < 4.78 is 0.559. The molecule has 4 aliphatic rings. The summed E-state index contributed by atoms with van der Waals surface area (Å²) in [6.45, 7) is 0.641. The number of nitrogens with one attached hydrogen (secondary N) is 1. The van der Waals surface area contributed by atoms with Crippen LogP contribution in [0.4, 0.5) is 5.69 Å². The van der Waals surface area contributed by atoms with Gasteiger partial charge in [0.25, 0.3) is 0 Å². The maximum absolute atomic E-state index is 10.3. The summed E-state index contributed by atoms with van der Waals surface area (Å²) in [6.07, 6.45) is 10.2. The number of aromatic nitrogens is 1. The number of halogens is 1. The third kappa shape index (κ3) is 2.83. The fourth-order valence-corrected chi connectivity index (χ4v) is 6.94. The van der Waals surface area contributed by atoms with Gasteiger partial charge in [-0.1, -0.05) is 17.7 Å². The smallest absolute Gasteiger partial charge is 0.183 e. The number of phenolic OH excluding ortho intramolecular Hbond substituents is 1. The molecule has 0 saturated heterocycles. The van der Waals surface area contributed by atoms with Gasteiger partial charge in [0.15, 0.2) is 4.47 Å². The highest BCUT2D eigenvalue weighted by Gasteiger charge is 2.51. The van der Waals surface area contributed by atoms with Gasteiger partial charge in [0.2, 0.25) is 0 Å². The summed E-state index contributed by atoms with van der Waals surface area (Å²) in [4.78, 5) is 5.15. The van der Waals surface area contributed by atoms with Crippen molar-refractivity contribution in [2.75, 3.05) is 5.32 Å². The lowest BCUT2D eigenvalue weighted by atomic mass is 9.48. The van der Waals surface area contributed by atoms with E-state index in [1.165, 1.54) is 55.4 Å². The summed E-state index contributed by atoms with van der Waals surface area (Å²) in [7, 11) is 0. The van der Waals surface area contributed by atoms with E-state index in [0.29, 0.717) is 22.2 Å². The Morgan fingerprint density at radius 1 is 1.16 bits per heavy atom. The Hall–Kier alpha value is -1.26. The van der Waals surface area contributed by atoms with Gasteiger partial charge in [0, 0.05) is 11.1 Å². The van der Waals surface area contributed by atoms with Crippen molar-refractivity contribution in [3.05, 3.63) is 39.3 Å². The largest absolute Gasteiger partial charge is 0.506 e. The number of thiazole rings is 1. The molecule has 25 heavy (non-hydrogen) atoms. The molecule has 0 atom stereocenters. The summed E-state index contributed by atoms with van der Waals surface area (Å²) in [5.74, 6) is 3.10. The van der Waals surface area contributed by atoms with E-state index in [9.17, 15) is 5.11 Å². The lowest BCUT2D eigenvalue weighted by Crippen LogP contribution is -2.48. The summed E-state index contributed by atoms with van der Waals surface area (Å²) in [6, 6.07) is 6.23. The third-order valence-corrected chi connectivity index (χ3v) is 7.74. The van der Waals surface area contributed by atoms with Crippen LogP contribution in [0, 0.1) is 17.8 Å². The number of anilines is 1. The maximum Gasteiger partial charge on any atom is 0.183 e. The lowest BCUT2D eigenvalue weighted by Gasteiger charge is -2.57. The molecule has 1 aromatic carbocycles. The molecule has 6 rings (SSSR count). The molecule has 4 bridgehead atoms. The second-order valence-electron chi connectivity index (χ2n) is 8.36. The molecular formula is C20H23ClN2OS. The van der Waals surface area contributed by atoms with Gasteiger partial charge in [-0.3, -0.25) is 0 Å². The van der Waals surface area contributed by atoms with E-state index in [1.54, 1.807) is 6.20 Å². The first-order valence-corrected chi connectivity index (χ1v) is 10.5. The minimum absolute atomic E-state index is 0.323. The average molecular weight is 375 g/mol. The molecule has 1 aromatic heterocycles. The molecule has 0 spiro atoms. The Bertz CT molecular complexity index is 767. The Morgan fingerprint density at radius 3 is 2.44 bits per heavy atom. The summed E-state index contributed by atoms with van der Waals surface area (Å²) in [5, 5.41) is 13.7. The van der Waals surface area contributed by atoms with Gasteiger partial charge in [-0.05, 0) is 79.4 Å². The summed E-state index contributed by atoms with van der Waals surface area (Å²) in [5.41, 5.74) is 2.61. The van der Waals surface area contributed by atoms with Crippen molar-refractivity contribution in [3.63, 3.8) is 0 Å². The van der Waals surface area contributed by atoms with Crippen LogP contribution in [-0.4, -0.2) is 10.1 Å². The highest BCUT2D eigenvalue weighted by Crippen LogP contribution is 2.61.